The molecule has 1 atom stereocenters. The molecule has 0 radical (unpaired) electrons. The van der Waals surface area contributed by atoms with Gasteiger partial charge in [-0.25, -0.2) is 4.79 Å². The van der Waals surface area contributed by atoms with Gasteiger partial charge in [-0.1, -0.05) is 12.1 Å². The van der Waals surface area contributed by atoms with Crippen molar-refractivity contribution in [1.82, 2.24) is 4.90 Å². The van der Waals surface area contributed by atoms with Crippen LogP contribution in [0, 0.1) is 0 Å². The van der Waals surface area contributed by atoms with E-state index in [1.54, 1.807) is 4.90 Å². The van der Waals surface area contributed by atoms with Gasteiger partial charge in [0.2, 0.25) is 0 Å². The Balaban J connectivity index is 1.66. The summed E-state index contributed by atoms with van der Waals surface area (Å²) in [6, 6.07) is 6.41. The van der Waals surface area contributed by atoms with E-state index >= 15 is 0 Å². The fourth-order valence-electron chi connectivity index (χ4n) is 3.50. The van der Waals surface area contributed by atoms with Gasteiger partial charge < -0.3 is 19.6 Å². The Hall–Kier alpha value is -1.75. The zero-order valence-corrected chi connectivity index (χ0v) is 14.9. The second kappa shape index (κ2) is 6.63. The number of ether oxygens (including phenoxy) is 1. The highest BCUT2D eigenvalue weighted by atomic mass is 16.6. The molecule has 1 aliphatic carbocycles. The normalized spacial score (nSPS) is 21.4. The summed E-state index contributed by atoms with van der Waals surface area (Å²) in [6.45, 7) is 8.61. The number of carbonyl (C=O) groups is 1. The number of aliphatic hydroxyl groups excluding tert-OH is 1. The summed E-state index contributed by atoms with van der Waals surface area (Å²) in [5, 5.41) is 10.0. The standard InChI is InChI=1S/C19H28N2O3/c1-19(2,3)24-18(23)21-11-9-20(10-12-21)17-6-4-5-14-7-8-15(22)13-16(14)17/h4-6,15,22H,7-13H2,1-3H3. The van der Waals surface area contributed by atoms with Gasteiger partial charge in [0.05, 0.1) is 6.10 Å². The van der Waals surface area contributed by atoms with E-state index in [4.69, 9.17) is 4.74 Å². The second-order valence-electron chi connectivity index (χ2n) is 7.77. The van der Waals surface area contributed by atoms with Crippen LogP contribution in [0.4, 0.5) is 10.5 Å². The van der Waals surface area contributed by atoms with E-state index in [0.717, 1.165) is 32.4 Å². The van der Waals surface area contributed by atoms with Crippen LogP contribution in [0.25, 0.3) is 0 Å². The molecule has 0 spiro atoms. The molecule has 3 rings (SSSR count). The zero-order valence-electron chi connectivity index (χ0n) is 14.9. The maximum atomic E-state index is 12.2. The third-order valence-corrected chi connectivity index (χ3v) is 4.71. The van der Waals surface area contributed by atoms with Gasteiger partial charge in [0.1, 0.15) is 5.60 Å². The SMILES string of the molecule is CC(C)(C)OC(=O)N1CCN(c2cccc3c2CC(O)CC3)CC1. The van der Waals surface area contributed by atoms with Crippen LogP contribution in [0.2, 0.25) is 0 Å². The number of hydrogen-bond donors (Lipinski definition) is 1. The minimum atomic E-state index is -0.455. The highest BCUT2D eigenvalue weighted by Crippen LogP contribution is 2.31. The second-order valence-corrected chi connectivity index (χ2v) is 7.77. The molecule has 24 heavy (non-hydrogen) atoms. The molecule has 1 saturated heterocycles. The summed E-state index contributed by atoms with van der Waals surface area (Å²) in [6.07, 6.45) is 2.07. The highest BCUT2D eigenvalue weighted by Gasteiger charge is 2.28. The smallest absolute Gasteiger partial charge is 0.410 e. The van der Waals surface area contributed by atoms with Crippen molar-refractivity contribution in [2.24, 2.45) is 0 Å². The molecule has 0 aromatic heterocycles. The molecule has 5 nitrogen and oxygen atoms in total. The summed E-state index contributed by atoms with van der Waals surface area (Å²) in [4.78, 5) is 16.3. The molecule has 0 bridgehead atoms. The summed E-state index contributed by atoms with van der Waals surface area (Å²) in [5.74, 6) is 0. The molecule has 1 fully saturated rings. The predicted molar refractivity (Wildman–Crippen MR) is 94.5 cm³/mol. The topological polar surface area (TPSA) is 53.0 Å². The van der Waals surface area contributed by atoms with E-state index in [9.17, 15) is 9.90 Å². The third-order valence-electron chi connectivity index (χ3n) is 4.71. The zero-order chi connectivity index (χ0) is 17.3. The van der Waals surface area contributed by atoms with Gasteiger partial charge in [-0.15, -0.1) is 0 Å². The van der Waals surface area contributed by atoms with Gasteiger partial charge in [0.25, 0.3) is 0 Å². The lowest BCUT2D eigenvalue weighted by Crippen LogP contribution is -2.50. The Bertz CT molecular complexity index is 601. The number of fused-ring (bicyclic) bond motifs is 1. The number of piperazine rings is 1. The fourth-order valence-corrected chi connectivity index (χ4v) is 3.50. The Morgan fingerprint density at radius 3 is 2.58 bits per heavy atom. The van der Waals surface area contributed by atoms with E-state index in [1.165, 1.54) is 16.8 Å². The Morgan fingerprint density at radius 1 is 1.21 bits per heavy atom. The molecule has 0 saturated carbocycles. The number of nitrogens with zero attached hydrogens (tertiary/aromatic N) is 2. The number of rotatable bonds is 1. The van der Waals surface area contributed by atoms with E-state index < -0.39 is 5.60 Å². The molecule has 1 amide bonds. The molecule has 1 unspecified atom stereocenters. The lowest BCUT2D eigenvalue weighted by Gasteiger charge is -2.38. The number of amides is 1. The molecule has 5 heteroatoms. The quantitative estimate of drug-likeness (QED) is 0.859. The van der Waals surface area contributed by atoms with Crippen LogP contribution in [-0.4, -0.2) is 54.0 Å². The van der Waals surface area contributed by atoms with E-state index in [1.807, 2.05) is 20.8 Å². The van der Waals surface area contributed by atoms with Crippen molar-refractivity contribution in [3.63, 3.8) is 0 Å². The molecule has 1 N–H and O–H groups in total. The van der Waals surface area contributed by atoms with Crippen molar-refractivity contribution in [2.75, 3.05) is 31.1 Å². The first-order valence-electron chi connectivity index (χ1n) is 8.85. The molecule has 1 aromatic rings. The van der Waals surface area contributed by atoms with Crippen LogP contribution in [0.3, 0.4) is 0 Å². The first kappa shape index (κ1) is 17.1. The highest BCUT2D eigenvalue weighted by molar-refractivity contribution is 5.69. The van der Waals surface area contributed by atoms with Crippen molar-refractivity contribution >= 4 is 11.8 Å². The van der Waals surface area contributed by atoms with Crippen molar-refractivity contribution < 1.29 is 14.6 Å². The maximum Gasteiger partial charge on any atom is 0.410 e. The lowest BCUT2D eigenvalue weighted by molar-refractivity contribution is 0.0240. The van der Waals surface area contributed by atoms with Crippen LogP contribution in [0.15, 0.2) is 18.2 Å². The minimum Gasteiger partial charge on any atom is -0.444 e. The maximum absolute atomic E-state index is 12.2. The summed E-state index contributed by atoms with van der Waals surface area (Å²) < 4.78 is 5.46. The number of aryl methyl sites for hydroxylation is 1. The third kappa shape index (κ3) is 3.83. The van der Waals surface area contributed by atoms with E-state index in [-0.39, 0.29) is 12.2 Å². The number of anilines is 1. The first-order chi connectivity index (χ1) is 11.3. The van der Waals surface area contributed by atoms with E-state index in [2.05, 4.69) is 23.1 Å². The number of benzene rings is 1. The molecule has 1 heterocycles. The Kier molecular flexibility index (Phi) is 4.72. The first-order valence-corrected chi connectivity index (χ1v) is 8.85. The van der Waals surface area contributed by atoms with Crippen LogP contribution in [0.1, 0.15) is 38.3 Å². The predicted octanol–water partition coefficient (Wildman–Crippen LogP) is 2.59. The summed E-state index contributed by atoms with van der Waals surface area (Å²) in [5.41, 5.74) is 3.40. The van der Waals surface area contributed by atoms with Crippen molar-refractivity contribution in [2.45, 2.75) is 51.7 Å². The average Bonchev–Trinajstić information content (AvgIpc) is 2.53. The number of carbonyl (C=O) groups excluding carboxylic acids is 1. The van der Waals surface area contributed by atoms with Gasteiger partial charge in [-0.2, -0.15) is 0 Å². The number of hydrogen-bond acceptors (Lipinski definition) is 4. The van der Waals surface area contributed by atoms with Crippen molar-refractivity contribution in [1.29, 1.82) is 0 Å². The van der Waals surface area contributed by atoms with Crippen molar-refractivity contribution in [3.8, 4) is 0 Å². The van der Waals surface area contributed by atoms with Crippen LogP contribution < -0.4 is 4.90 Å². The van der Waals surface area contributed by atoms with Gasteiger partial charge in [-0.05, 0) is 50.8 Å². The largest absolute Gasteiger partial charge is 0.444 e. The molecular formula is C19H28N2O3. The minimum absolute atomic E-state index is 0.229. The van der Waals surface area contributed by atoms with Crippen LogP contribution >= 0.6 is 0 Å². The van der Waals surface area contributed by atoms with Crippen LogP contribution in [0.5, 0.6) is 0 Å². The summed E-state index contributed by atoms with van der Waals surface area (Å²) >= 11 is 0. The van der Waals surface area contributed by atoms with Gasteiger partial charge >= 0.3 is 6.09 Å². The molecule has 1 aromatic carbocycles. The Morgan fingerprint density at radius 2 is 1.92 bits per heavy atom. The molecule has 132 valence electrons. The lowest BCUT2D eigenvalue weighted by atomic mass is 9.88. The monoisotopic (exact) mass is 332 g/mol. The van der Waals surface area contributed by atoms with E-state index in [0.29, 0.717) is 13.1 Å². The molecular weight excluding hydrogens is 304 g/mol. The summed E-state index contributed by atoms with van der Waals surface area (Å²) in [7, 11) is 0. The van der Waals surface area contributed by atoms with Gasteiger partial charge in [0, 0.05) is 38.3 Å². The van der Waals surface area contributed by atoms with Gasteiger partial charge in [0.15, 0.2) is 0 Å². The molecule has 1 aliphatic heterocycles. The van der Waals surface area contributed by atoms with Crippen LogP contribution in [-0.2, 0) is 17.6 Å². The average molecular weight is 332 g/mol. The molecule has 2 aliphatic rings. The Labute approximate surface area is 144 Å². The van der Waals surface area contributed by atoms with Gasteiger partial charge in [-0.3, -0.25) is 0 Å². The number of aliphatic hydroxyl groups is 1. The fraction of sp³-hybridized carbons (Fsp3) is 0.632. The van der Waals surface area contributed by atoms with Crippen molar-refractivity contribution in [3.05, 3.63) is 29.3 Å².